The van der Waals surface area contributed by atoms with Gasteiger partial charge in [0.1, 0.15) is 0 Å². The first-order valence-corrected chi connectivity index (χ1v) is 8.74. The van der Waals surface area contributed by atoms with Crippen molar-refractivity contribution in [3.63, 3.8) is 0 Å². The highest BCUT2D eigenvalue weighted by Crippen LogP contribution is 2.28. The van der Waals surface area contributed by atoms with Crippen molar-refractivity contribution in [1.82, 2.24) is 19.6 Å². The van der Waals surface area contributed by atoms with E-state index in [1.807, 2.05) is 7.05 Å². The number of likely N-dealkylation sites (N-methyl/N-ethyl adjacent to an activating group) is 1. The first-order valence-electron chi connectivity index (χ1n) is 7.86. The van der Waals surface area contributed by atoms with E-state index in [-0.39, 0.29) is 0 Å². The molecular weight excluding hydrogens is 282 g/mol. The molecule has 1 N–H and O–H groups in total. The van der Waals surface area contributed by atoms with Gasteiger partial charge < -0.3 is 10.2 Å². The summed E-state index contributed by atoms with van der Waals surface area (Å²) in [5.41, 5.74) is 1.29. The molecular formula is C15H25N5S. The molecule has 1 unspecified atom stereocenters. The van der Waals surface area contributed by atoms with Gasteiger partial charge in [0.2, 0.25) is 0 Å². The number of thiazole rings is 1. The van der Waals surface area contributed by atoms with Crippen LogP contribution in [-0.4, -0.2) is 53.6 Å². The van der Waals surface area contributed by atoms with E-state index in [2.05, 4.69) is 44.9 Å². The van der Waals surface area contributed by atoms with E-state index in [9.17, 15) is 0 Å². The molecule has 0 saturated carbocycles. The first-order chi connectivity index (χ1) is 10.3. The van der Waals surface area contributed by atoms with Crippen molar-refractivity contribution < 1.29 is 0 Å². The number of fused-ring (bicyclic) bond motifs is 1. The Labute approximate surface area is 130 Å². The van der Waals surface area contributed by atoms with Crippen molar-refractivity contribution in [3.05, 3.63) is 17.3 Å². The normalized spacial score (nSPS) is 19.2. The maximum absolute atomic E-state index is 4.87. The fraction of sp³-hybridized carbons (Fsp3) is 0.667. The highest BCUT2D eigenvalue weighted by molar-refractivity contribution is 7.15. The maximum atomic E-state index is 4.87. The van der Waals surface area contributed by atoms with E-state index < -0.39 is 0 Å². The van der Waals surface area contributed by atoms with Gasteiger partial charge >= 0.3 is 0 Å². The van der Waals surface area contributed by atoms with Crippen molar-refractivity contribution in [2.75, 3.05) is 38.1 Å². The molecule has 21 heavy (non-hydrogen) atoms. The monoisotopic (exact) mass is 307 g/mol. The summed E-state index contributed by atoms with van der Waals surface area (Å²) >= 11 is 1.71. The van der Waals surface area contributed by atoms with Crippen LogP contribution in [0.3, 0.4) is 0 Å². The van der Waals surface area contributed by atoms with Gasteiger partial charge in [-0.3, -0.25) is 9.30 Å². The lowest BCUT2D eigenvalue weighted by molar-refractivity contribution is 0.232. The van der Waals surface area contributed by atoms with Crippen LogP contribution in [0.25, 0.3) is 4.96 Å². The molecule has 3 rings (SSSR count). The molecule has 1 saturated heterocycles. The van der Waals surface area contributed by atoms with Crippen LogP contribution in [0.15, 0.2) is 11.6 Å². The van der Waals surface area contributed by atoms with E-state index in [0.717, 1.165) is 37.7 Å². The average molecular weight is 307 g/mol. The molecule has 1 aliphatic rings. The van der Waals surface area contributed by atoms with Gasteiger partial charge in [0.25, 0.3) is 0 Å². The first kappa shape index (κ1) is 14.8. The van der Waals surface area contributed by atoms with Crippen molar-refractivity contribution in [2.45, 2.75) is 32.9 Å². The van der Waals surface area contributed by atoms with Crippen LogP contribution in [0.1, 0.15) is 26.0 Å². The van der Waals surface area contributed by atoms with Crippen LogP contribution in [0.4, 0.5) is 5.82 Å². The number of nitrogens with zero attached hydrogens (tertiary/aromatic N) is 4. The van der Waals surface area contributed by atoms with E-state index in [0.29, 0.717) is 6.04 Å². The lowest BCUT2D eigenvalue weighted by Gasteiger charge is -2.26. The van der Waals surface area contributed by atoms with Crippen molar-refractivity contribution in [2.24, 2.45) is 0 Å². The third-order valence-corrected chi connectivity index (χ3v) is 5.23. The molecule has 0 spiro atoms. The third-order valence-electron chi connectivity index (χ3n) is 4.48. The zero-order chi connectivity index (χ0) is 14.8. The van der Waals surface area contributed by atoms with E-state index in [4.69, 9.17) is 4.98 Å². The van der Waals surface area contributed by atoms with Crippen LogP contribution in [-0.2, 0) is 6.54 Å². The fourth-order valence-electron chi connectivity index (χ4n) is 3.38. The van der Waals surface area contributed by atoms with Gasteiger partial charge in [-0.2, -0.15) is 0 Å². The quantitative estimate of drug-likeness (QED) is 0.886. The van der Waals surface area contributed by atoms with Crippen LogP contribution < -0.4 is 10.2 Å². The standard InChI is InChI=1S/C15H25N5S/c1-4-18(5-2)12-6-7-19(11-12)14-13(10-16-3)20-8-9-21-15(20)17-14/h8-9,12,16H,4-7,10-11H2,1-3H3. The molecule has 0 aromatic carbocycles. The summed E-state index contributed by atoms with van der Waals surface area (Å²) < 4.78 is 2.22. The fourth-order valence-corrected chi connectivity index (χ4v) is 4.11. The Morgan fingerprint density at radius 3 is 2.95 bits per heavy atom. The van der Waals surface area contributed by atoms with Crippen molar-refractivity contribution >= 4 is 22.1 Å². The summed E-state index contributed by atoms with van der Waals surface area (Å²) in [5, 5.41) is 5.38. The third kappa shape index (κ3) is 2.67. The number of hydrogen-bond acceptors (Lipinski definition) is 5. The zero-order valence-corrected chi connectivity index (χ0v) is 14.0. The van der Waals surface area contributed by atoms with Gasteiger partial charge in [-0.25, -0.2) is 4.98 Å². The topological polar surface area (TPSA) is 35.8 Å². The molecule has 116 valence electrons. The second-order valence-electron chi connectivity index (χ2n) is 5.58. The molecule has 2 aromatic rings. The molecule has 0 amide bonds. The summed E-state index contributed by atoms with van der Waals surface area (Å²) in [6.07, 6.45) is 3.37. The Hall–Kier alpha value is -1.11. The molecule has 0 bridgehead atoms. The number of hydrogen-bond donors (Lipinski definition) is 1. The molecule has 0 aliphatic carbocycles. The minimum Gasteiger partial charge on any atom is -0.353 e. The lowest BCUT2D eigenvalue weighted by atomic mass is 10.2. The summed E-state index contributed by atoms with van der Waals surface area (Å²) in [6.45, 7) is 9.86. The molecule has 0 radical (unpaired) electrons. The lowest BCUT2D eigenvalue weighted by Crippen LogP contribution is -2.37. The van der Waals surface area contributed by atoms with Crippen molar-refractivity contribution in [3.8, 4) is 0 Å². The van der Waals surface area contributed by atoms with Crippen LogP contribution >= 0.6 is 11.3 Å². The summed E-state index contributed by atoms with van der Waals surface area (Å²) in [5.74, 6) is 1.17. The smallest absolute Gasteiger partial charge is 0.195 e. The number of imidazole rings is 1. The number of nitrogens with one attached hydrogen (secondary N) is 1. The predicted molar refractivity (Wildman–Crippen MR) is 89.4 cm³/mol. The highest BCUT2D eigenvalue weighted by atomic mass is 32.1. The second kappa shape index (κ2) is 6.34. The minimum atomic E-state index is 0.669. The van der Waals surface area contributed by atoms with Gasteiger partial charge in [-0.1, -0.05) is 13.8 Å². The SMILES string of the molecule is CCN(CC)C1CCN(c2nc3sccn3c2CNC)C1. The second-order valence-corrected chi connectivity index (χ2v) is 6.45. The van der Waals surface area contributed by atoms with Gasteiger partial charge in [0, 0.05) is 37.3 Å². The molecule has 1 fully saturated rings. The van der Waals surface area contributed by atoms with Gasteiger partial charge in [-0.05, 0) is 26.6 Å². The number of rotatable bonds is 6. The number of aromatic nitrogens is 2. The Bertz CT molecular complexity index is 586. The Kier molecular flexibility index (Phi) is 4.47. The molecule has 5 nitrogen and oxygen atoms in total. The Morgan fingerprint density at radius 2 is 2.24 bits per heavy atom. The van der Waals surface area contributed by atoms with Crippen LogP contribution in [0, 0.1) is 0 Å². The van der Waals surface area contributed by atoms with Gasteiger partial charge in [0.15, 0.2) is 10.8 Å². The van der Waals surface area contributed by atoms with Gasteiger partial charge in [0.05, 0.1) is 5.69 Å². The highest BCUT2D eigenvalue weighted by Gasteiger charge is 2.29. The minimum absolute atomic E-state index is 0.669. The summed E-state index contributed by atoms with van der Waals surface area (Å²) in [6, 6.07) is 0.669. The summed E-state index contributed by atoms with van der Waals surface area (Å²) in [7, 11) is 2.00. The molecule has 3 heterocycles. The summed E-state index contributed by atoms with van der Waals surface area (Å²) in [4.78, 5) is 11.0. The maximum Gasteiger partial charge on any atom is 0.195 e. The Morgan fingerprint density at radius 1 is 1.43 bits per heavy atom. The van der Waals surface area contributed by atoms with E-state index >= 15 is 0 Å². The molecule has 1 aliphatic heterocycles. The average Bonchev–Trinajstić information content (AvgIpc) is 3.17. The Balaban J connectivity index is 1.84. The van der Waals surface area contributed by atoms with Crippen LogP contribution in [0.2, 0.25) is 0 Å². The predicted octanol–water partition coefficient (Wildman–Crippen LogP) is 2.04. The molecule has 2 aromatic heterocycles. The van der Waals surface area contributed by atoms with E-state index in [1.165, 1.54) is 17.9 Å². The van der Waals surface area contributed by atoms with Gasteiger partial charge in [-0.15, -0.1) is 11.3 Å². The van der Waals surface area contributed by atoms with E-state index in [1.54, 1.807) is 11.3 Å². The molecule has 6 heteroatoms. The van der Waals surface area contributed by atoms with Crippen LogP contribution in [0.5, 0.6) is 0 Å². The number of anilines is 1. The molecule has 1 atom stereocenters. The van der Waals surface area contributed by atoms with Crippen molar-refractivity contribution in [1.29, 1.82) is 0 Å². The zero-order valence-electron chi connectivity index (χ0n) is 13.2. The largest absolute Gasteiger partial charge is 0.353 e.